The van der Waals surface area contributed by atoms with Crippen LogP contribution >= 0.6 is 0 Å². The molecule has 70 valence electrons. The van der Waals surface area contributed by atoms with Gasteiger partial charge in [0.05, 0.1) is 23.7 Å². The summed E-state index contributed by atoms with van der Waals surface area (Å²) in [6, 6.07) is 1.87. The molecule has 1 saturated carbocycles. The van der Waals surface area contributed by atoms with E-state index in [2.05, 4.69) is 4.98 Å². The molecule has 0 aromatic carbocycles. The second-order valence-electron chi connectivity index (χ2n) is 3.38. The normalized spacial score (nSPS) is 15.8. The van der Waals surface area contributed by atoms with Gasteiger partial charge in [0.25, 0.3) is 0 Å². The zero-order valence-corrected chi connectivity index (χ0v) is 7.79. The van der Waals surface area contributed by atoms with Crippen LogP contribution < -0.4 is 10.5 Å². The lowest BCUT2D eigenvalue weighted by molar-refractivity contribution is 0.302. The van der Waals surface area contributed by atoms with Gasteiger partial charge in [-0.1, -0.05) is 6.92 Å². The monoisotopic (exact) mass is 178 g/mol. The fraction of sp³-hybridized carbons (Fsp3) is 0.500. The number of aromatic nitrogens is 1. The summed E-state index contributed by atoms with van der Waals surface area (Å²) in [4.78, 5) is 4.23. The van der Waals surface area contributed by atoms with Gasteiger partial charge in [0, 0.05) is 6.07 Å². The third-order valence-electron chi connectivity index (χ3n) is 2.14. The summed E-state index contributed by atoms with van der Waals surface area (Å²) in [5, 5.41) is 0. The van der Waals surface area contributed by atoms with E-state index in [4.69, 9.17) is 10.5 Å². The third-order valence-corrected chi connectivity index (χ3v) is 2.14. The maximum Gasteiger partial charge on any atom is 0.140 e. The molecule has 0 unspecified atom stereocenters. The second kappa shape index (κ2) is 3.24. The van der Waals surface area contributed by atoms with Crippen LogP contribution in [0.4, 0.5) is 5.69 Å². The summed E-state index contributed by atoms with van der Waals surface area (Å²) in [5.41, 5.74) is 7.47. The number of nitrogen functional groups attached to an aromatic ring is 1. The molecule has 1 aliphatic rings. The van der Waals surface area contributed by atoms with Gasteiger partial charge in [-0.25, -0.2) is 0 Å². The molecule has 0 amide bonds. The average Bonchev–Trinajstić information content (AvgIpc) is 2.89. The number of ether oxygens (including phenoxy) is 1. The van der Waals surface area contributed by atoms with Gasteiger partial charge in [0.2, 0.25) is 0 Å². The lowest BCUT2D eigenvalue weighted by Crippen LogP contribution is -2.00. The molecule has 0 bridgehead atoms. The Labute approximate surface area is 77.9 Å². The highest BCUT2D eigenvalue weighted by Gasteiger charge is 2.23. The van der Waals surface area contributed by atoms with E-state index in [1.165, 1.54) is 0 Å². The fourth-order valence-corrected chi connectivity index (χ4v) is 1.23. The Morgan fingerprint density at radius 3 is 2.92 bits per heavy atom. The molecule has 1 aliphatic carbocycles. The van der Waals surface area contributed by atoms with Gasteiger partial charge < -0.3 is 10.5 Å². The third kappa shape index (κ3) is 1.91. The predicted octanol–water partition coefficient (Wildman–Crippen LogP) is 1.77. The van der Waals surface area contributed by atoms with Crippen LogP contribution in [0.25, 0.3) is 0 Å². The molecule has 0 spiro atoms. The van der Waals surface area contributed by atoms with Gasteiger partial charge in [0.15, 0.2) is 0 Å². The fourth-order valence-electron chi connectivity index (χ4n) is 1.23. The standard InChI is InChI=1S/C10H14N2O/c1-2-10-9(11)5-8(6-12-10)13-7-3-4-7/h5-7H,2-4,11H2,1H3. The molecule has 1 aromatic heterocycles. The van der Waals surface area contributed by atoms with Crippen molar-refractivity contribution in [2.45, 2.75) is 32.3 Å². The molecule has 13 heavy (non-hydrogen) atoms. The molecule has 1 aromatic rings. The minimum absolute atomic E-state index is 0.411. The van der Waals surface area contributed by atoms with Gasteiger partial charge in [-0.2, -0.15) is 0 Å². The van der Waals surface area contributed by atoms with E-state index in [9.17, 15) is 0 Å². The van der Waals surface area contributed by atoms with Gasteiger partial charge >= 0.3 is 0 Å². The van der Waals surface area contributed by atoms with E-state index in [1.807, 2.05) is 13.0 Å². The number of aryl methyl sites for hydroxylation is 1. The molecule has 0 saturated heterocycles. The van der Waals surface area contributed by atoms with Gasteiger partial charge in [0.1, 0.15) is 5.75 Å². The largest absolute Gasteiger partial charge is 0.489 e. The summed E-state index contributed by atoms with van der Waals surface area (Å²) in [6.07, 6.45) is 5.36. The van der Waals surface area contributed by atoms with Crippen LogP contribution in [0.5, 0.6) is 5.75 Å². The summed E-state index contributed by atoms with van der Waals surface area (Å²) >= 11 is 0. The van der Waals surface area contributed by atoms with E-state index in [1.54, 1.807) is 6.20 Å². The van der Waals surface area contributed by atoms with Crippen molar-refractivity contribution in [1.82, 2.24) is 4.98 Å². The topological polar surface area (TPSA) is 48.1 Å². The highest BCUT2D eigenvalue weighted by molar-refractivity contribution is 5.47. The molecule has 0 radical (unpaired) electrons. The van der Waals surface area contributed by atoms with Crippen LogP contribution in [0.15, 0.2) is 12.3 Å². The summed E-state index contributed by atoms with van der Waals surface area (Å²) in [5.74, 6) is 0.803. The van der Waals surface area contributed by atoms with Crippen molar-refractivity contribution >= 4 is 5.69 Å². The number of pyridine rings is 1. The number of nitrogens with two attached hydrogens (primary N) is 1. The maximum absolute atomic E-state index is 5.79. The lowest BCUT2D eigenvalue weighted by atomic mass is 10.2. The Hall–Kier alpha value is -1.25. The van der Waals surface area contributed by atoms with Crippen LogP contribution in [-0.4, -0.2) is 11.1 Å². The van der Waals surface area contributed by atoms with Crippen molar-refractivity contribution in [3.05, 3.63) is 18.0 Å². The summed E-state index contributed by atoms with van der Waals surface area (Å²) in [7, 11) is 0. The highest BCUT2D eigenvalue weighted by Crippen LogP contribution is 2.27. The number of anilines is 1. The molecule has 3 heteroatoms. The maximum atomic E-state index is 5.79. The highest BCUT2D eigenvalue weighted by atomic mass is 16.5. The quantitative estimate of drug-likeness (QED) is 0.767. The molecule has 3 nitrogen and oxygen atoms in total. The van der Waals surface area contributed by atoms with Crippen molar-refractivity contribution in [2.24, 2.45) is 0 Å². The van der Waals surface area contributed by atoms with Crippen LogP contribution in [-0.2, 0) is 6.42 Å². The minimum atomic E-state index is 0.411. The molecule has 0 atom stereocenters. The first-order valence-corrected chi connectivity index (χ1v) is 4.70. The summed E-state index contributed by atoms with van der Waals surface area (Å²) < 4.78 is 5.56. The van der Waals surface area contributed by atoms with Gasteiger partial charge in [-0.3, -0.25) is 4.98 Å². The predicted molar refractivity (Wildman–Crippen MR) is 51.7 cm³/mol. The van der Waals surface area contributed by atoms with Crippen LogP contribution in [0.2, 0.25) is 0 Å². The van der Waals surface area contributed by atoms with E-state index >= 15 is 0 Å². The number of nitrogens with zero attached hydrogens (tertiary/aromatic N) is 1. The molecular formula is C10H14N2O. The first kappa shape index (κ1) is 8.35. The lowest BCUT2D eigenvalue weighted by Gasteiger charge is -2.06. The molecule has 0 aliphatic heterocycles. The van der Waals surface area contributed by atoms with Crippen molar-refractivity contribution < 1.29 is 4.74 Å². The molecule has 1 heterocycles. The van der Waals surface area contributed by atoms with Crippen molar-refractivity contribution in [3.63, 3.8) is 0 Å². The smallest absolute Gasteiger partial charge is 0.140 e. The minimum Gasteiger partial charge on any atom is -0.489 e. The average molecular weight is 178 g/mol. The first-order chi connectivity index (χ1) is 6.29. The zero-order chi connectivity index (χ0) is 9.26. The number of rotatable bonds is 3. The van der Waals surface area contributed by atoms with Crippen molar-refractivity contribution in [3.8, 4) is 5.75 Å². The Kier molecular flexibility index (Phi) is 2.08. The SMILES string of the molecule is CCc1ncc(OC2CC2)cc1N. The van der Waals surface area contributed by atoms with E-state index in [0.717, 1.165) is 36.4 Å². The Morgan fingerprint density at radius 1 is 1.62 bits per heavy atom. The molecule has 2 rings (SSSR count). The Balaban J connectivity index is 2.13. The van der Waals surface area contributed by atoms with E-state index < -0.39 is 0 Å². The van der Waals surface area contributed by atoms with E-state index in [0.29, 0.717) is 6.10 Å². The van der Waals surface area contributed by atoms with E-state index in [-0.39, 0.29) is 0 Å². The van der Waals surface area contributed by atoms with Crippen LogP contribution in [0, 0.1) is 0 Å². The zero-order valence-electron chi connectivity index (χ0n) is 7.79. The van der Waals surface area contributed by atoms with Crippen LogP contribution in [0.1, 0.15) is 25.5 Å². The molecule has 1 fully saturated rings. The van der Waals surface area contributed by atoms with Gasteiger partial charge in [-0.05, 0) is 19.3 Å². The van der Waals surface area contributed by atoms with Crippen molar-refractivity contribution in [1.29, 1.82) is 0 Å². The van der Waals surface area contributed by atoms with Crippen LogP contribution in [0.3, 0.4) is 0 Å². The van der Waals surface area contributed by atoms with Gasteiger partial charge in [-0.15, -0.1) is 0 Å². The number of hydrogen-bond donors (Lipinski definition) is 1. The van der Waals surface area contributed by atoms with Crippen molar-refractivity contribution in [2.75, 3.05) is 5.73 Å². The molecule has 2 N–H and O–H groups in total. The first-order valence-electron chi connectivity index (χ1n) is 4.70. The second-order valence-corrected chi connectivity index (χ2v) is 3.38. The summed E-state index contributed by atoms with van der Waals surface area (Å²) in [6.45, 7) is 2.04. The molecular weight excluding hydrogens is 164 g/mol. The Bertz CT molecular complexity index is 308. The number of hydrogen-bond acceptors (Lipinski definition) is 3. The Morgan fingerprint density at radius 2 is 2.38 bits per heavy atom.